The molecular weight excluding hydrogens is 546 g/mol. The molecule has 4 rings (SSSR count). The van der Waals surface area contributed by atoms with Crippen LogP contribution in [-0.2, 0) is 21.9 Å². The Hall–Kier alpha value is -3.55. The standard InChI is InChI=1S/C26H28F6N4O4/c27-25(28,29)17-1-5-19(6-2-17)34-11-13-35(14-12-34)24(37)16-40-21-8-3-18(4-9-21)33-23-10-7-20(36(38)39)15-22(23)26(30,31)32/h1-2,5-7,10,15,18,21,33H,3-4,8-9,11-14,16H2/t18-,21-. The maximum absolute atomic E-state index is 13.4. The smallest absolute Gasteiger partial charge is 0.382 e. The third-order valence-corrected chi connectivity index (χ3v) is 7.19. The van der Waals surface area contributed by atoms with Gasteiger partial charge in [-0.1, -0.05) is 0 Å². The first-order valence-corrected chi connectivity index (χ1v) is 12.7. The van der Waals surface area contributed by atoms with E-state index in [4.69, 9.17) is 4.74 Å². The zero-order valence-corrected chi connectivity index (χ0v) is 21.3. The lowest BCUT2D eigenvalue weighted by Gasteiger charge is -2.36. The van der Waals surface area contributed by atoms with Crippen LogP contribution in [-0.4, -0.2) is 60.7 Å². The SMILES string of the molecule is O=C(CO[C@H]1CC[C@H](Nc2ccc([N+](=O)[O-])cc2C(F)(F)F)CC1)N1CCN(c2ccc(C(F)(F)F)cc2)CC1. The van der Waals surface area contributed by atoms with Crippen LogP contribution in [0.5, 0.6) is 0 Å². The van der Waals surface area contributed by atoms with Crippen molar-refractivity contribution in [3.63, 3.8) is 0 Å². The number of nitrogens with zero attached hydrogens (tertiary/aromatic N) is 3. The summed E-state index contributed by atoms with van der Waals surface area (Å²) in [5.41, 5.74) is -2.01. The number of carbonyl (C=O) groups excluding carboxylic acids is 1. The van der Waals surface area contributed by atoms with Crippen LogP contribution in [0.3, 0.4) is 0 Å². The number of hydrogen-bond donors (Lipinski definition) is 1. The van der Waals surface area contributed by atoms with Gasteiger partial charge in [0.05, 0.1) is 22.2 Å². The van der Waals surface area contributed by atoms with Gasteiger partial charge in [0.2, 0.25) is 5.91 Å². The summed E-state index contributed by atoms with van der Waals surface area (Å²) >= 11 is 0. The van der Waals surface area contributed by atoms with E-state index < -0.39 is 34.1 Å². The van der Waals surface area contributed by atoms with E-state index >= 15 is 0 Å². The summed E-state index contributed by atoms with van der Waals surface area (Å²) in [5, 5.41) is 13.7. The van der Waals surface area contributed by atoms with Crippen molar-refractivity contribution in [1.29, 1.82) is 0 Å². The van der Waals surface area contributed by atoms with Crippen molar-refractivity contribution in [2.24, 2.45) is 0 Å². The number of anilines is 2. The van der Waals surface area contributed by atoms with Crippen LogP contribution in [0.4, 0.5) is 43.4 Å². The van der Waals surface area contributed by atoms with Crippen molar-refractivity contribution in [3.8, 4) is 0 Å². The number of hydrogen-bond acceptors (Lipinski definition) is 6. The first-order valence-electron chi connectivity index (χ1n) is 12.7. The third kappa shape index (κ3) is 7.34. The fraction of sp³-hybridized carbons (Fsp3) is 0.500. The summed E-state index contributed by atoms with van der Waals surface area (Å²) in [6.07, 6.45) is -7.32. The quantitative estimate of drug-likeness (QED) is 0.259. The number of nitro groups is 1. The summed E-state index contributed by atoms with van der Waals surface area (Å²) in [5.74, 6) is -0.201. The molecule has 1 heterocycles. The van der Waals surface area contributed by atoms with E-state index in [2.05, 4.69) is 5.32 Å². The average molecular weight is 575 g/mol. The van der Waals surface area contributed by atoms with Crippen molar-refractivity contribution < 1.29 is 40.8 Å². The van der Waals surface area contributed by atoms with E-state index in [9.17, 15) is 41.3 Å². The molecule has 2 aliphatic rings. The molecule has 1 aliphatic carbocycles. The van der Waals surface area contributed by atoms with Crippen LogP contribution in [0, 0.1) is 10.1 Å². The van der Waals surface area contributed by atoms with Crippen molar-refractivity contribution in [1.82, 2.24) is 4.90 Å². The van der Waals surface area contributed by atoms with E-state index in [1.807, 2.05) is 4.90 Å². The zero-order chi connectivity index (χ0) is 29.1. The summed E-state index contributed by atoms with van der Waals surface area (Å²) in [7, 11) is 0. The summed E-state index contributed by atoms with van der Waals surface area (Å²) in [6, 6.07) is 7.24. The van der Waals surface area contributed by atoms with Gasteiger partial charge in [0, 0.05) is 55.7 Å². The van der Waals surface area contributed by atoms with Crippen molar-refractivity contribution in [2.75, 3.05) is 43.0 Å². The van der Waals surface area contributed by atoms with Crippen LogP contribution in [0.1, 0.15) is 36.8 Å². The second-order valence-corrected chi connectivity index (χ2v) is 9.83. The lowest BCUT2D eigenvalue weighted by atomic mass is 9.92. The second kappa shape index (κ2) is 11.9. The van der Waals surface area contributed by atoms with Gasteiger partial charge in [0.1, 0.15) is 6.61 Å². The molecule has 218 valence electrons. The van der Waals surface area contributed by atoms with Crippen molar-refractivity contribution in [3.05, 3.63) is 63.7 Å². The van der Waals surface area contributed by atoms with Crippen molar-refractivity contribution in [2.45, 2.75) is 50.2 Å². The average Bonchev–Trinajstić information content (AvgIpc) is 2.91. The Bertz CT molecular complexity index is 1190. The van der Waals surface area contributed by atoms with Gasteiger partial charge in [-0.15, -0.1) is 0 Å². The molecule has 0 radical (unpaired) electrons. The molecule has 1 N–H and O–H groups in total. The van der Waals surface area contributed by atoms with Crippen LogP contribution in [0.15, 0.2) is 42.5 Å². The molecule has 2 aromatic rings. The molecule has 0 unspecified atom stereocenters. The fourth-order valence-electron chi connectivity index (χ4n) is 4.96. The van der Waals surface area contributed by atoms with E-state index in [1.165, 1.54) is 12.1 Å². The Balaban J connectivity index is 1.20. The van der Waals surface area contributed by atoms with E-state index in [0.29, 0.717) is 63.6 Å². The molecule has 2 aromatic carbocycles. The van der Waals surface area contributed by atoms with Crippen LogP contribution in [0.2, 0.25) is 0 Å². The fourth-order valence-corrected chi connectivity index (χ4v) is 4.96. The van der Waals surface area contributed by atoms with Crippen LogP contribution in [0.25, 0.3) is 0 Å². The minimum absolute atomic E-state index is 0.135. The third-order valence-electron chi connectivity index (χ3n) is 7.19. The highest BCUT2D eigenvalue weighted by atomic mass is 19.4. The zero-order valence-electron chi connectivity index (χ0n) is 21.3. The lowest BCUT2D eigenvalue weighted by molar-refractivity contribution is -0.385. The number of nitrogens with one attached hydrogen (secondary N) is 1. The predicted octanol–water partition coefficient (Wildman–Crippen LogP) is 5.72. The number of alkyl halides is 6. The Morgan fingerprint density at radius 3 is 2.10 bits per heavy atom. The lowest BCUT2D eigenvalue weighted by Crippen LogP contribution is -2.50. The van der Waals surface area contributed by atoms with Gasteiger partial charge < -0.3 is 19.9 Å². The molecule has 1 saturated carbocycles. The summed E-state index contributed by atoms with van der Waals surface area (Å²) in [6.45, 7) is 1.60. The first-order chi connectivity index (χ1) is 18.8. The first kappa shape index (κ1) is 29.4. The number of halogens is 6. The largest absolute Gasteiger partial charge is 0.418 e. The minimum atomic E-state index is -4.75. The van der Waals surface area contributed by atoms with Crippen LogP contribution >= 0.6 is 0 Å². The highest BCUT2D eigenvalue weighted by molar-refractivity contribution is 5.77. The Kier molecular flexibility index (Phi) is 8.76. The molecule has 8 nitrogen and oxygen atoms in total. The highest BCUT2D eigenvalue weighted by Crippen LogP contribution is 2.38. The molecule has 0 aromatic heterocycles. The molecule has 1 aliphatic heterocycles. The van der Waals surface area contributed by atoms with E-state index in [0.717, 1.165) is 24.3 Å². The van der Waals surface area contributed by atoms with Gasteiger partial charge in [-0.25, -0.2) is 0 Å². The van der Waals surface area contributed by atoms with Gasteiger partial charge in [-0.3, -0.25) is 14.9 Å². The predicted molar refractivity (Wildman–Crippen MR) is 134 cm³/mol. The van der Waals surface area contributed by atoms with Crippen LogP contribution < -0.4 is 10.2 Å². The number of rotatable bonds is 7. The van der Waals surface area contributed by atoms with Gasteiger partial charge in [-0.05, 0) is 56.0 Å². The van der Waals surface area contributed by atoms with E-state index in [1.54, 1.807) is 4.90 Å². The number of ether oxygens (including phenoxy) is 1. The van der Waals surface area contributed by atoms with Gasteiger partial charge in [0.25, 0.3) is 5.69 Å². The number of nitro benzene ring substituents is 1. The molecule has 40 heavy (non-hydrogen) atoms. The highest BCUT2D eigenvalue weighted by Gasteiger charge is 2.36. The Morgan fingerprint density at radius 2 is 1.55 bits per heavy atom. The van der Waals surface area contributed by atoms with Gasteiger partial charge in [0.15, 0.2) is 0 Å². The molecule has 14 heteroatoms. The monoisotopic (exact) mass is 574 g/mol. The minimum Gasteiger partial charge on any atom is -0.382 e. The molecule has 0 bridgehead atoms. The normalized spacial score (nSPS) is 20.4. The number of non-ortho nitro benzene ring substituents is 1. The number of carbonyl (C=O) groups is 1. The molecule has 0 spiro atoms. The topological polar surface area (TPSA) is 87.9 Å². The summed E-state index contributed by atoms with van der Waals surface area (Å²) < 4.78 is 84.4. The molecule has 1 amide bonds. The Morgan fingerprint density at radius 1 is 0.925 bits per heavy atom. The summed E-state index contributed by atoms with van der Waals surface area (Å²) in [4.78, 5) is 26.2. The molecule has 2 fully saturated rings. The van der Waals surface area contributed by atoms with E-state index in [-0.39, 0.29) is 30.3 Å². The molecule has 1 saturated heterocycles. The molecular formula is C26H28F6N4O4. The van der Waals surface area contributed by atoms with Gasteiger partial charge in [-0.2, -0.15) is 26.3 Å². The van der Waals surface area contributed by atoms with Crippen molar-refractivity contribution >= 4 is 23.0 Å². The maximum Gasteiger partial charge on any atom is 0.418 e. The number of piperazine rings is 1. The Labute approximate surface area is 226 Å². The molecule has 0 atom stereocenters. The number of benzene rings is 2. The maximum atomic E-state index is 13.4. The van der Waals surface area contributed by atoms with Gasteiger partial charge >= 0.3 is 12.4 Å². The second-order valence-electron chi connectivity index (χ2n) is 9.83. The number of amides is 1.